The van der Waals surface area contributed by atoms with Gasteiger partial charge < -0.3 is 5.32 Å². The van der Waals surface area contributed by atoms with Crippen molar-refractivity contribution in [2.45, 2.75) is 24.8 Å². The summed E-state index contributed by atoms with van der Waals surface area (Å²) in [6.07, 6.45) is 2.01. The Balaban J connectivity index is 1.64. The zero-order valence-corrected chi connectivity index (χ0v) is 12.9. The minimum Gasteiger partial charge on any atom is -0.381 e. The first-order valence-corrected chi connectivity index (χ1v) is 7.67. The van der Waals surface area contributed by atoms with Crippen LogP contribution in [0.4, 0.5) is 10.1 Å². The summed E-state index contributed by atoms with van der Waals surface area (Å²) >= 11 is 3.43. The quantitative estimate of drug-likeness (QED) is 0.866. The third kappa shape index (κ3) is 2.93. The standard InChI is InChI=1S/C17H14BrFN2/c18-13-6-4-11(5-7-13)12-8-14(9-12)21-17-3-1-2-16(19)15(17)10-20/h1-7,12,14,21H,8-9H2. The van der Waals surface area contributed by atoms with Gasteiger partial charge in [0.1, 0.15) is 17.4 Å². The molecule has 0 saturated heterocycles. The van der Waals surface area contributed by atoms with Gasteiger partial charge in [0.15, 0.2) is 0 Å². The Morgan fingerprint density at radius 2 is 1.86 bits per heavy atom. The minimum absolute atomic E-state index is 0.101. The highest BCUT2D eigenvalue weighted by Crippen LogP contribution is 2.39. The molecule has 0 heterocycles. The lowest BCUT2D eigenvalue weighted by Crippen LogP contribution is -2.34. The Hall–Kier alpha value is -1.86. The highest BCUT2D eigenvalue weighted by Gasteiger charge is 2.30. The monoisotopic (exact) mass is 344 g/mol. The number of halogens is 2. The molecule has 0 radical (unpaired) electrons. The van der Waals surface area contributed by atoms with Crippen LogP contribution in [0, 0.1) is 17.1 Å². The first-order valence-electron chi connectivity index (χ1n) is 6.88. The lowest BCUT2D eigenvalue weighted by atomic mass is 9.76. The van der Waals surface area contributed by atoms with Crippen molar-refractivity contribution >= 4 is 21.6 Å². The zero-order valence-electron chi connectivity index (χ0n) is 11.3. The van der Waals surface area contributed by atoms with Crippen LogP contribution in [-0.2, 0) is 0 Å². The Kier molecular flexibility index (Phi) is 3.94. The van der Waals surface area contributed by atoms with E-state index < -0.39 is 5.82 Å². The summed E-state index contributed by atoms with van der Waals surface area (Å²) < 4.78 is 14.6. The van der Waals surface area contributed by atoms with Crippen LogP contribution in [0.25, 0.3) is 0 Å². The molecule has 4 heteroatoms. The summed E-state index contributed by atoms with van der Waals surface area (Å²) in [5, 5.41) is 12.3. The van der Waals surface area contributed by atoms with E-state index >= 15 is 0 Å². The molecule has 2 nitrogen and oxygen atoms in total. The van der Waals surface area contributed by atoms with E-state index in [9.17, 15) is 4.39 Å². The number of anilines is 1. The molecule has 1 aliphatic carbocycles. The molecular formula is C17H14BrFN2. The number of hydrogen-bond donors (Lipinski definition) is 1. The number of rotatable bonds is 3. The number of nitriles is 1. The summed E-state index contributed by atoms with van der Waals surface area (Å²) in [6, 6.07) is 15.3. The predicted molar refractivity (Wildman–Crippen MR) is 84.6 cm³/mol. The van der Waals surface area contributed by atoms with E-state index in [1.807, 2.05) is 6.07 Å². The largest absolute Gasteiger partial charge is 0.381 e. The van der Waals surface area contributed by atoms with Gasteiger partial charge in [0.05, 0.1) is 5.69 Å². The van der Waals surface area contributed by atoms with Gasteiger partial charge in [-0.3, -0.25) is 0 Å². The van der Waals surface area contributed by atoms with E-state index in [1.54, 1.807) is 12.1 Å². The lowest BCUT2D eigenvalue weighted by molar-refractivity contribution is 0.374. The zero-order chi connectivity index (χ0) is 14.8. The Labute approximate surface area is 131 Å². The normalized spacial score (nSPS) is 20.4. The molecule has 1 N–H and O–H groups in total. The molecule has 1 aliphatic rings. The smallest absolute Gasteiger partial charge is 0.143 e. The molecule has 0 aliphatic heterocycles. The van der Waals surface area contributed by atoms with Crippen molar-refractivity contribution in [1.29, 1.82) is 5.26 Å². The van der Waals surface area contributed by atoms with Crippen LogP contribution < -0.4 is 5.32 Å². The Morgan fingerprint density at radius 3 is 2.52 bits per heavy atom. The maximum atomic E-state index is 13.5. The first-order chi connectivity index (χ1) is 10.2. The van der Waals surface area contributed by atoms with Crippen molar-refractivity contribution < 1.29 is 4.39 Å². The van der Waals surface area contributed by atoms with Gasteiger partial charge in [0, 0.05) is 10.5 Å². The van der Waals surface area contributed by atoms with Crippen LogP contribution in [0.1, 0.15) is 29.9 Å². The molecule has 21 heavy (non-hydrogen) atoms. The summed E-state index contributed by atoms with van der Waals surface area (Å²) in [5.74, 6) is 0.0703. The number of nitrogens with one attached hydrogen (secondary N) is 1. The molecular weight excluding hydrogens is 331 g/mol. The van der Waals surface area contributed by atoms with Crippen molar-refractivity contribution in [3.05, 3.63) is 63.9 Å². The maximum Gasteiger partial charge on any atom is 0.143 e. The second-order valence-corrected chi connectivity index (χ2v) is 6.25. The van der Waals surface area contributed by atoms with Crippen LogP contribution in [0.3, 0.4) is 0 Å². The molecule has 0 amide bonds. The van der Waals surface area contributed by atoms with E-state index in [0.29, 0.717) is 17.6 Å². The molecule has 2 aromatic carbocycles. The summed E-state index contributed by atoms with van der Waals surface area (Å²) in [4.78, 5) is 0. The molecule has 3 rings (SSSR count). The fraction of sp³-hybridized carbons (Fsp3) is 0.235. The van der Waals surface area contributed by atoms with Gasteiger partial charge in [0.2, 0.25) is 0 Å². The fourth-order valence-electron chi connectivity index (χ4n) is 2.72. The van der Waals surface area contributed by atoms with Crippen LogP contribution in [0.5, 0.6) is 0 Å². The first kappa shape index (κ1) is 14.1. The predicted octanol–water partition coefficient (Wildman–Crippen LogP) is 4.82. The average molecular weight is 345 g/mol. The highest BCUT2D eigenvalue weighted by molar-refractivity contribution is 9.10. The second kappa shape index (κ2) is 5.87. The van der Waals surface area contributed by atoms with Crippen LogP contribution in [-0.4, -0.2) is 6.04 Å². The third-order valence-corrected chi connectivity index (χ3v) is 4.49. The fourth-order valence-corrected chi connectivity index (χ4v) is 2.99. The summed E-state index contributed by atoms with van der Waals surface area (Å²) in [6.45, 7) is 0. The topological polar surface area (TPSA) is 35.8 Å². The third-order valence-electron chi connectivity index (χ3n) is 3.96. The summed E-state index contributed by atoms with van der Waals surface area (Å²) in [7, 11) is 0. The van der Waals surface area contributed by atoms with Crippen molar-refractivity contribution in [3.63, 3.8) is 0 Å². The van der Waals surface area contributed by atoms with Crippen LogP contribution >= 0.6 is 15.9 Å². The van der Waals surface area contributed by atoms with Gasteiger partial charge in [-0.1, -0.05) is 34.1 Å². The van der Waals surface area contributed by atoms with E-state index in [1.165, 1.54) is 11.6 Å². The maximum absolute atomic E-state index is 13.5. The molecule has 1 fully saturated rings. The number of nitrogens with zero attached hydrogens (tertiary/aromatic N) is 1. The molecule has 0 atom stereocenters. The Morgan fingerprint density at radius 1 is 1.14 bits per heavy atom. The highest BCUT2D eigenvalue weighted by atomic mass is 79.9. The van der Waals surface area contributed by atoms with E-state index in [2.05, 4.69) is 45.5 Å². The molecule has 0 bridgehead atoms. The van der Waals surface area contributed by atoms with Gasteiger partial charge in [-0.2, -0.15) is 5.26 Å². The van der Waals surface area contributed by atoms with Crippen molar-refractivity contribution in [3.8, 4) is 6.07 Å². The van der Waals surface area contributed by atoms with Gasteiger partial charge in [0.25, 0.3) is 0 Å². The summed E-state index contributed by atoms with van der Waals surface area (Å²) in [5.41, 5.74) is 2.03. The lowest BCUT2D eigenvalue weighted by Gasteiger charge is -2.37. The van der Waals surface area contributed by atoms with Gasteiger partial charge in [-0.15, -0.1) is 0 Å². The van der Waals surface area contributed by atoms with Gasteiger partial charge in [-0.05, 0) is 48.6 Å². The SMILES string of the molecule is N#Cc1c(F)cccc1NC1CC(c2ccc(Br)cc2)C1. The van der Waals surface area contributed by atoms with Crippen molar-refractivity contribution in [2.75, 3.05) is 5.32 Å². The molecule has 2 aromatic rings. The number of hydrogen-bond acceptors (Lipinski definition) is 2. The molecule has 106 valence electrons. The van der Waals surface area contributed by atoms with Gasteiger partial charge in [-0.25, -0.2) is 4.39 Å². The van der Waals surface area contributed by atoms with Crippen molar-refractivity contribution in [1.82, 2.24) is 0 Å². The molecule has 0 spiro atoms. The van der Waals surface area contributed by atoms with Gasteiger partial charge >= 0.3 is 0 Å². The molecule has 0 unspecified atom stereocenters. The average Bonchev–Trinajstić information content (AvgIpc) is 2.44. The van der Waals surface area contributed by atoms with E-state index in [0.717, 1.165) is 17.3 Å². The second-order valence-electron chi connectivity index (χ2n) is 5.34. The van der Waals surface area contributed by atoms with Crippen LogP contribution in [0.2, 0.25) is 0 Å². The molecule has 1 saturated carbocycles. The van der Waals surface area contributed by atoms with E-state index in [4.69, 9.17) is 5.26 Å². The number of benzene rings is 2. The van der Waals surface area contributed by atoms with Crippen molar-refractivity contribution in [2.24, 2.45) is 0 Å². The molecule has 0 aromatic heterocycles. The van der Waals surface area contributed by atoms with Crippen LogP contribution in [0.15, 0.2) is 46.9 Å². The van der Waals surface area contributed by atoms with E-state index in [-0.39, 0.29) is 5.56 Å². The minimum atomic E-state index is -0.466. The Bertz CT molecular complexity index is 685.